The molecule has 104 valence electrons. The number of nitrogens with zero attached hydrogens (tertiary/aromatic N) is 2. The molecule has 2 rings (SSSR count). The summed E-state index contributed by atoms with van der Waals surface area (Å²) in [5.41, 5.74) is 2.03. The van der Waals surface area contributed by atoms with Gasteiger partial charge in [-0.1, -0.05) is 0 Å². The highest BCUT2D eigenvalue weighted by Gasteiger charge is 2.33. The monoisotopic (exact) mass is 265 g/mol. The van der Waals surface area contributed by atoms with E-state index in [1.165, 1.54) is 11.1 Å². The van der Waals surface area contributed by atoms with Crippen LogP contribution in [0.4, 0.5) is 5.69 Å². The molecule has 1 amide bonds. The van der Waals surface area contributed by atoms with Crippen molar-refractivity contribution in [3.63, 3.8) is 0 Å². The molecule has 1 fully saturated rings. The third-order valence-corrected chi connectivity index (χ3v) is 3.18. The number of β-amino-alcohol motifs (C(OH)–C–C–N with tert-alkyl or cyclic N) is 2. The van der Waals surface area contributed by atoms with Crippen molar-refractivity contribution in [2.75, 3.05) is 25.0 Å². The van der Waals surface area contributed by atoms with Gasteiger partial charge in [-0.2, -0.15) is 0 Å². The van der Waals surface area contributed by atoms with E-state index in [2.05, 4.69) is 10.3 Å². The molecule has 0 spiro atoms. The lowest BCUT2D eigenvalue weighted by Crippen LogP contribution is -2.30. The molecule has 0 aliphatic carbocycles. The molecule has 2 heterocycles. The summed E-state index contributed by atoms with van der Waals surface area (Å²) in [5, 5.41) is 22.1. The molecule has 1 saturated heterocycles. The smallest absolute Gasteiger partial charge is 0.257 e. The second-order valence-corrected chi connectivity index (χ2v) is 4.75. The number of aryl methyl sites for hydroxylation is 1. The van der Waals surface area contributed by atoms with Gasteiger partial charge in [0.05, 0.1) is 23.5 Å². The summed E-state index contributed by atoms with van der Waals surface area (Å²) in [6.45, 7) is 4.82. The number of hydrogen-bond acceptors (Lipinski definition) is 5. The maximum absolute atomic E-state index is 12.4. The van der Waals surface area contributed by atoms with E-state index in [1.54, 1.807) is 0 Å². The van der Waals surface area contributed by atoms with Crippen LogP contribution in [0.3, 0.4) is 0 Å². The number of amides is 1. The first-order valence-electron chi connectivity index (χ1n) is 6.38. The first kappa shape index (κ1) is 13.8. The van der Waals surface area contributed by atoms with Gasteiger partial charge >= 0.3 is 0 Å². The van der Waals surface area contributed by atoms with Crippen LogP contribution >= 0.6 is 0 Å². The lowest BCUT2D eigenvalue weighted by atomic mass is 10.2. The van der Waals surface area contributed by atoms with Gasteiger partial charge in [0.1, 0.15) is 0 Å². The van der Waals surface area contributed by atoms with E-state index in [1.807, 2.05) is 19.9 Å². The lowest BCUT2D eigenvalue weighted by Gasteiger charge is -2.18. The number of aromatic nitrogens is 1. The first-order chi connectivity index (χ1) is 9.02. The number of rotatable bonds is 3. The average Bonchev–Trinajstić information content (AvgIpc) is 2.70. The summed E-state index contributed by atoms with van der Waals surface area (Å²) in [6.07, 6.45) is -0.206. The predicted octanol–water partition coefficient (Wildman–Crippen LogP) is -0.000580. The molecule has 6 nitrogen and oxygen atoms in total. The van der Waals surface area contributed by atoms with Crippen LogP contribution in [0.5, 0.6) is 0 Å². The summed E-state index contributed by atoms with van der Waals surface area (Å²) >= 11 is 0. The van der Waals surface area contributed by atoms with Crippen LogP contribution in [0, 0.1) is 6.92 Å². The van der Waals surface area contributed by atoms with E-state index < -0.39 is 12.2 Å². The van der Waals surface area contributed by atoms with Crippen molar-refractivity contribution in [3.05, 3.63) is 23.5 Å². The van der Waals surface area contributed by atoms with Crippen LogP contribution in [0.25, 0.3) is 0 Å². The Morgan fingerprint density at radius 3 is 2.68 bits per heavy atom. The predicted molar refractivity (Wildman–Crippen MR) is 71.1 cm³/mol. The standard InChI is InChI=1S/C13H19N3O3/c1-3-14-10-4-8(2)15-5-9(10)13(19)16-6-11(17)12(18)7-16/h4-5,11-12,17-18H,3,6-7H2,1-2H3,(H,14,15). The quantitative estimate of drug-likeness (QED) is 0.716. The van der Waals surface area contributed by atoms with Gasteiger partial charge in [0.2, 0.25) is 0 Å². The van der Waals surface area contributed by atoms with Crippen LogP contribution in [0.1, 0.15) is 23.0 Å². The Hall–Kier alpha value is -1.66. The molecule has 1 aliphatic heterocycles. The third kappa shape index (κ3) is 2.85. The van der Waals surface area contributed by atoms with Crippen LogP contribution in [-0.2, 0) is 0 Å². The molecule has 1 aromatic rings. The highest BCUT2D eigenvalue weighted by Crippen LogP contribution is 2.20. The molecule has 1 aliphatic rings. The Balaban J connectivity index is 2.24. The van der Waals surface area contributed by atoms with Crippen molar-refractivity contribution in [1.82, 2.24) is 9.88 Å². The molecular weight excluding hydrogens is 246 g/mol. The zero-order valence-electron chi connectivity index (χ0n) is 11.1. The number of pyridine rings is 1. The molecule has 0 bridgehead atoms. The number of aliphatic hydroxyl groups excluding tert-OH is 2. The van der Waals surface area contributed by atoms with Crippen LogP contribution in [0.15, 0.2) is 12.3 Å². The minimum absolute atomic E-state index is 0.152. The highest BCUT2D eigenvalue weighted by molar-refractivity contribution is 5.99. The van der Waals surface area contributed by atoms with Crippen LogP contribution in [0.2, 0.25) is 0 Å². The highest BCUT2D eigenvalue weighted by atomic mass is 16.3. The molecule has 0 saturated carbocycles. The molecule has 6 heteroatoms. The minimum Gasteiger partial charge on any atom is -0.388 e. The molecule has 19 heavy (non-hydrogen) atoms. The normalized spacial score (nSPS) is 22.6. The second-order valence-electron chi connectivity index (χ2n) is 4.75. The fraction of sp³-hybridized carbons (Fsp3) is 0.538. The Labute approximate surface area is 112 Å². The fourth-order valence-electron chi connectivity index (χ4n) is 2.17. The number of carbonyl (C=O) groups excluding carboxylic acids is 1. The first-order valence-corrected chi connectivity index (χ1v) is 6.38. The van der Waals surface area contributed by atoms with Crippen LogP contribution in [-0.4, -0.2) is 57.8 Å². The number of anilines is 1. The lowest BCUT2D eigenvalue weighted by molar-refractivity contribution is 0.0572. The minimum atomic E-state index is -0.870. The van der Waals surface area contributed by atoms with E-state index in [0.717, 1.165) is 11.4 Å². The number of aliphatic hydroxyl groups is 2. The van der Waals surface area contributed by atoms with E-state index in [-0.39, 0.29) is 19.0 Å². The Morgan fingerprint density at radius 2 is 2.11 bits per heavy atom. The van der Waals surface area contributed by atoms with E-state index >= 15 is 0 Å². The summed E-state index contributed by atoms with van der Waals surface area (Å²) in [7, 11) is 0. The van der Waals surface area contributed by atoms with Gasteiger partial charge in [0.15, 0.2) is 0 Å². The van der Waals surface area contributed by atoms with E-state index in [0.29, 0.717) is 12.1 Å². The number of likely N-dealkylation sites (tertiary alicyclic amines) is 1. The second kappa shape index (κ2) is 5.54. The van der Waals surface area contributed by atoms with Crippen molar-refractivity contribution in [2.24, 2.45) is 0 Å². The maximum atomic E-state index is 12.4. The molecule has 1 aromatic heterocycles. The van der Waals surface area contributed by atoms with Crippen molar-refractivity contribution in [1.29, 1.82) is 0 Å². The van der Waals surface area contributed by atoms with Crippen molar-refractivity contribution >= 4 is 11.6 Å². The molecule has 2 unspecified atom stereocenters. The summed E-state index contributed by atoms with van der Waals surface area (Å²) in [4.78, 5) is 18.0. The van der Waals surface area contributed by atoms with Gasteiger partial charge < -0.3 is 20.4 Å². The van der Waals surface area contributed by atoms with Gasteiger partial charge in [-0.15, -0.1) is 0 Å². The van der Waals surface area contributed by atoms with Crippen molar-refractivity contribution in [2.45, 2.75) is 26.1 Å². The molecule has 0 radical (unpaired) electrons. The zero-order valence-corrected chi connectivity index (χ0v) is 11.1. The van der Waals surface area contributed by atoms with Gasteiger partial charge in [-0.05, 0) is 19.9 Å². The fourth-order valence-corrected chi connectivity index (χ4v) is 2.17. The Kier molecular flexibility index (Phi) is 4.01. The molecular formula is C13H19N3O3. The van der Waals surface area contributed by atoms with Gasteiger partial charge in [-0.3, -0.25) is 9.78 Å². The topological polar surface area (TPSA) is 85.7 Å². The van der Waals surface area contributed by atoms with Gasteiger partial charge in [-0.25, -0.2) is 0 Å². The maximum Gasteiger partial charge on any atom is 0.257 e. The number of hydrogen-bond donors (Lipinski definition) is 3. The molecule has 2 atom stereocenters. The average molecular weight is 265 g/mol. The largest absolute Gasteiger partial charge is 0.388 e. The molecule has 3 N–H and O–H groups in total. The Morgan fingerprint density at radius 1 is 1.47 bits per heavy atom. The number of nitrogens with one attached hydrogen (secondary N) is 1. The SMILES string of the molecule is CCNc1cc(C)ncc1C(=O)N1CC(O)C(O)C1. The molecule has 0 aromatic carbocycles. The van der Waals surface area contributed by atoms with Crippen molar-refractivity contribution < 1.29 is 15.0 Å². The van der Waals surface area contributed by atoms with Crippen LogP contribution < -0.4 is 5.32 Å². The van der Waals surface area contributed by atoms with E-state index in [9.17, 15) is 15.0 Å². The Bertz CT molecular complexity index is 468. The van der Waals surface area contributed by atoms with Gasteiger partial charge in [0.25, 0.3) is 5.91 Å². The number of carbonyl (C=O) groups is 1. The summed E-state index contributed by atoms with van der Waals surface area (Å²) in [6, 6.07) is 1.82. The van der Waals surface area contributed by atoms with Gasteiger partial charge in [0, 0.05) is 31.5 Å². The third-order valence-electron chi connectivity index (χ3n) is 3.18. The zero-order chi connectivity index (χ0) is 14.0. The summed E-state index contributed by atoms with van der Waals surface area (Å²) < 4.78 is 0. The van der Waals surface area contributed by atoms with E-state index in [4.69, 9.17) is 0 Å². The van der Waals surface area contributed by atoms with Crippen molar-refractivity contribution in [3.8, 4) is 0 Å². The summed E-state index contributed by atoms with van der Waals surface area (Å²) in [5.74, 6) is -0.223.